The second-order valence-corrected chi connectivity index (χ2v) is 6.69. The normalized spacial score (nSPS) is 13.6. The first-order valence-corrected chi connectivity index (χ1v) is 9.07. The summed E-state index contributed by atoms with van der Waals surface area (Å²) >= 11 is 0. The Morgan fingerprint density at radius 2 is 2.04 bits per heavy atom. The molecule has 6 nitrogen and oxygen atoms in total. The van der Waals surface area contributed by atoms with Crippen LogP contribution in [0.25, 0.3) is 5.57 Å². The molecule has 0 aromatic carbocycles. The van der Waals surface area contributed by atoms with Gasteiger partial charge in [0.1, 0.15) is 5.82 Å². The maximum Gasteiger partial charge on any atom is 0.229 e. The van der Waals surface area contributed by atoms with Gasteiger partial charge in [-0.25, -0.2) is 4.98 Å². The lowest BCUT2D eigenvalue weighted by Gasteiger charge is -2.42. The molecule has 6 heteroatoms. The van der Waals surface area contributed by atoms with Crippen molar-refractivity contribution in [1.82, 2.24) is 19.9 Å². The molecule has 0 radical (unpaired) electrons. The van der Waals surface area contributed by atoms with E-state index < -0.39 is 0 Å². The number of anilines is 3. The minimum Gasteiger partial charge on any atom is -0.368 e. The van der Waals surface area contributed by atoms with E-state index >= 15 is 0 Å². The molecule has 1 aliphatic rings. The zero-order valence-electron chi connectivity index (χ0n) is 16.0. The molecule has 1 aliphatic heterocycles. The summed E-state index contributed by atoms with van der Waals surface area (Å²) in [5.41, 5.74) is 4.70. The van der Waals surface area contributed by atoms with Crippen molar-refractivity contribution in [3.8, 4) is 0 Å². The van der Waals surface area contributed by atoms with Crippen molar-refractivity contribution in [2.24, 2.45) is 0 Å². The Balaban J connectivity index is 1.73. The van der Waals surface area contributed by atoms with E-state index in [0.717, 1.165) is 53.5 Å². The van der Waals surface area contributed by atoms with Crippen molar-refractivity contribution >= 4 is 23.0 Å². The Labute approximate surface area is 160 Å². The minimum atomic E-state index is 0.299. The van der Waals surface area contributed by atoms with E-state index in [9.17, 15) is 0 Å². The van der Waals surface area contributed by atoms with Crippen LogP contribution in [0.4, 0.5) is 17.5 Å². The second kappa shape index (κ2) is 8.03. The molecule has 27 heavy (non-hydrogen) atoms. The smallest absolute Gasteiger partial charge is 0.229 e. The van der Waals surface area contributed by atoms with Crippen molar-refractivity contribution in [2.75, 3.05) is 23.7 Å². The number of pyridine rings is 1. The first kappa shape index (κ1) is 18.6. The molecular weight excluding hydrogens is 336 g/mol. The first-order chi connectivity index (χ1) is 13.0. The summed E-state index contributed by atoms with van der Waals surface area (Å²) in [6, 6.07) is 4.28. The van der Waals surface area contributed by atoms with Crippen LogP contribution in [0.5, 0.6) is 0 Å². The quantitative estimate of drug-likeness (QED) is 0.692. The lowest BCUT2D eigenvalue weighted by Crippen LogP contribution is -2.53. The third-order valence-electron chi connectivity index (χ3n) is 4.56. The largest absolute Gasteiger partial charge is 0.368 e. The number of aryl methyl sites for hydroxylation is 1. The van der Waals surface area contributed by atoms with E-state index in [1.807, 2.05) is 19.1 Å². The van der Waals surface area contributed by atoms with Crippen LogP contribution < -0.4 is 10.6 Å². The first-order valence-electron chi connectivity index (χ1n) is 9.07. The molecule has 2 aromatic rings. The molecule has 1 fully saturated rings. The van der Waals surface area contributed by atoms with E-state index in [0.29, 0.717) is 12.0 Å². The maximum atomic E-state index is 4.66. The van der Waals surface area contributed by atoms with Gasteiger partial charge in [0.15, 0.2) is 0 Å². The molecule has 0 bridgehead atoms. The van der Waals surface area contributed by atoms with Crippen molar-refractivity contribution in [2.45, 2.75) is 26.3 Å². The van der Waals surface area contributed by atoms with Gasteiger partial charge in [-0.15, -0.1) is 0 Å². The standard InChI is InChI=1S/C21H26N6/c1-6-15(5)27-12-18(13-27)24-20-19(14(3)4)11-23-21(26-20)25-17-9-8-16(7-2)22-10-17/h6,8-11,18H,1,3,5,7,12-13H2,2,4H3,(H2,23,24,25,26). The van der Waals surface area contributed by atoms with Crippen LogP contribution in [-0.2, 0) is 6.42 Å². The Morgan fingerprint density at radius 1 is 1.26 bits per heavy atom. The average Bonchev–Trinajstić information content (AvgIpc) is 2.64. The fourth-order valence-corrected chi connectivity index (χ4v) is 2.83. The topological polar surface area (TPSA) is 66.0 Å². The third-order valence-corrected chi connectivity index (χ3v) is 4.56. The molecule has 0 spiro atoms. The van der Waals surface area contributed by atoms with Crippen LogP contribution >= 0.6 is 0 Å². The summed E-state index contributed by atoms with van der Waals surface area (Å²) < 4.78 is 0. The third kappa shape index (κ3) is 4.34. The van der Waals surface area contributed by atoms with Gasteiger partial charge < -0.3 is 15.5 Å². The van der Waals surface area contributed by atoms with Crippen LogP contribution in [0.2, 0.25) is 0 Å². The molecule has 0 atom stereocenters. The molecule has 2 N–H and O–H groups in total. The monoisotopic (exact) mass is 362 g/mol. The highest BCUT2D eigenvalue weighted by atomic mass is 15.3. The number of nitrogens with one attached hydrogen (secondary N) is 2. The highest BCUT2D eigenvalue weighted by Crippen LogP contribution is 2.25. The Kier molecular flexibility index (Phi) is 5.54. The fraction of sp³-hybridized carbons (Fsp3) is 0.286. The highest BCUT2D eigenvalue weighted by molar-refractivity contribution is 5.72. The molecule has 3 heterocycles. The van der Waals surface area contributed by atoms with Crippen molar-refractivity contribution in [3.05, 3.63) is 67.3 Å². The van der Waals surface area contributed by atoms with Gasteiger partial charge in [0.05, 0.1) is 17.9 Å². The summed E-state index contributed by atoms with van der Waals surface area (Å²) in [4.78, 5) is 15.6. The predicted octanol–water partition coefficient (Wildman–Crippen LogP) is 4.01. The van der Waals surface area contributed by atoms with Crippen LogP contribution in [0.15, 0.2) is 56.0 Å². The van der Waals surface area contributed by atoms with Gasteiger partial charge in [-0.3, -0.25) is 4.98 Å². The number of likely N-dealkylation sites (tertiary alicyclic amines) is 1. The lowest BCUT2D eigenvalue weighted by molar-refractivity contribution is 0.222. The van der Waals surface area contributed by atoms with Crippen LogP contribution in [0.3, 0.4) is 0 Å². The molecule has 0 aliphatic carbocycles. The van der Waals surface area contributed by atoms with E-state index in [1.165, 1.54) is 0 Å². The van der Waals surface area contributed by atoms with Crippen molar-refractivity contribution in [3.63, 3.8) is 0 Å². The molecule has 0 unspecified atom stereocenters. The number of hydrogen-bond acceptors (Lipinski definition) is 6. The Hall–Kier alpha value is -3.15. The predicted molar refractivity (Wildman–Crippen MR) is 112 cm³/mol. The van der Waals surface area contributed by atoms with E-state index in [4.69, 9.17) is 0 Å². The zero-order valence-corrected chi connectivity index (χ0v) is 16.0. The van der Waals surface area contributed by atoms with E-state index in [-0.39, 0.29) is 0 Å². The number of aromatic nitrogens is 3. The molecule has 3 rings (SSSR count). The zero-order chi connectivity index (χ0) is 19.4. The summed E-state index contributed by atoms with van der Waals surface area (Å²) in [5.74, 6) is 1.31. The molecule has 140 valence electrons. The second-order valence-electron chi connectivity index (χ2n) is 6.69. The van der Waals surface area contributed by atoms with Crippen LogP contribution in [0, 0.1) is 0 Å². The average molecular weight is 362 g/mol. The Bertz CT molecular complexity index is 849. The van der Waals surface area contributed by atoms with E-state index in [1.54, 1.807) is 18.5 Å². The molecule has 1 saturated heterocycles. The van der Waals surface area contributed by atoms with Crippen LogP contribution in [0.1, 0.15) is 25.1 Å². The van der Waals surface area contributed by atoms with Crippen LogP contribution in [-0.4, -0.2) is 39.0 Å². The van der Waals surface area contributed by atoms with Crippen molar-refractivity contribution in [1.29, 1.82) is 0 Å². The molecular formula is C21H26N6. The summed E-state index contributed by atoms with van der Waals surface area (Å²) in [5, 5.41) is 6.71. The number of rotatable bonds is 8. The summed E-state index contributed by atoms with van der Waals surface area (Å²) in [6.07, 6.45) is 6.29. The van der Waals surface area contributed by atoms with E-state index in [2.05, 4.69) is 57.1 Å². The molecule has 0 amide bonds. The van der Waals surface area contributed by atoms with Gasteiger partial charge in [0, 0.05) is 36.2 Å². The molecule has 2 aromatic heterocycles. The number of hydrogen-bond donors (Lipinski definition) is 2. The van der Waals surface area contributed by atoms with Crippen molar-refractivity contribution < 1.29 is 0 Å². The lowest BCUT2D eigenvalue weighted by atomic mass is 10.1. The number of nitrogens with zero attached hydrogens (tertiary/aromatic N) is 4. The maximum absolute atomic E-state index is 4.66. The fourth-order valence-electron chi connectivity index (χ4n) is 2.83. The number of allylic oxidation sites excluding steroid dienone is 2. The van der Waals surface area contributed by atoms with Gasteiger partial charge in [0.2, 0.25) is 5.95 Å². The van der Waals surface area contributed by atoms with Gasteiger partial charge in [-0.2, -0.15) is 4.98 Å². The Morgan fingerprint density at radius 3 is 2.63 bits per heavy atom. The van der Waals surface area contributed by atoms with Gasteiger partial charge in [0.25, 0.3) is 0 Å². The SMILES string of the molecule is C=CC(=C)N1CC(Nc2nc(Nc3ccc(CC)nc3)ncc2C(=C)C)C1. The minimum absolute atomic E-state index is 0.299. The van der Waals surface area contributed by atoms with Gasteiger partial charge in [-0.05, 0) is 37.1 Å². The molecule has 0 saturated carbocycles. The summed E-state index contributed by atoms with van der Waals surface area (Å²) in [6.45, 7) is 17.6. The van der Waals surface area contributed by atoms with Gasteiger partial charge >= 0.3 is 0 Å². The highest BCUT2D eigenvalue weighted by Gasteiger charge is 2.27. The summed E-state index contributed by atoms with van der Waals surface area (Å²) in [7, 11) is 0. The van der Waals surface area contributed by atoms with Gasteiger partial charge in [-0.1, -0.05) is 26.7 Å².